The van der Waals surface area contributed by atoms with E-state index >= 15 is 0 Å². The number of nitrogens with one attached hydrogen (secondary N) is 1. The smallest absolute Gasteiger partial charge is 0.268 e. The Morgan fingerprint density at radius 1 is 1.31 bits per heavy atom. The number of aromatic nitrogens is 2. The Hall–Kier alpha value is -1.62. The standard InChI is InChI=1S/C11H9BrN2O2/c1-7-2-4-8(5-3-7)16-11-9(12)10(15)13-6-14-11/h2-6H,1H3,(H,13,14,15). The number of aromatic amines is 1. The highest BCUT2D eigenvalue weighted by atomic mass is 79.9. The summed E-state index contributed by atoms with van der Waals surface area (Å²) in [6.45, 7) is 1.99. The molecule has 0 aliphatic rings. The van der Waals surface area contributed by atoms with Gasteiger partial charge in [0.1, 0.15) is 10.2 Å². The van der Waals surface area contributed by atoms with Gasteiger partial charge in [0.2, 0.25) is 5.88 Å². The van der Waals surface area contributed by atoms with E-state index in [0.29, 0.717) is 5.75 Å². The first-order valence-corrected chi connectivity index (χ1v) is 5.44. The second-order valence-corrected chi connectivity index (χ2v) is 4.06. The third-order valence-electron chi connectivity index (χ3n) is 2.00. The summed E-state index contributed by atoms with van der Waals surface area (Å²) in [6, 6.07) is 7.50. The van der Waals surface area contributed by atoms with Crippen LogP contribution in [0.4, 0.5) is 0 Å². The third-order valence-corrected chi connectivity index (χ3v) is 2.70. The summed E-state index contributed by atoms with van der Waals surface area (Å²) in [7, 11) is 0. The lowest BCUT2D eigenvalue weighted by Crippen LogP contribution is -2.08. The van der Waals surface area contributed by atoms with Crippen LogP contribution in [-0.2, 0) is 0 Å². The van der Waals surface area contributed by atoms with Crippen molar-refractivity contribution in [2.24, 2.45) is 0 Å². The Kier molecular flexibility index (Phi) is 3.05. The van der Waals surface area contributed by atoms with Gasteiger partial charge in [-0.2, -0.15) is 0 Å². The van der Waals surface area contributed by atoms with Crippen LogP contribution in [0.5, 0.6) is 11.6 Å². The number of benzene rings is 1. The largest absolute Gasteiger partial charge is 0.438 e. The van der Waals surface area contributed by atoms with E-state index in [-0.39, 0.29) is 15.9 Å². The van der Waals surface area contributed by atoms with Crippen molar-refractivity contribution in [2.75, 3.05) is 0 Å². The summed E-state index contributed by atoms with van der Waals surface area (Å²) in [4.78, 5) is 17.6. The molecular formula is C11H9BrN2O2. The molecule has 1 aromatic carbocycles. The molecule has 0 radical (unpaired) electrons. The number of hydrogen-bond donors (Lipinski definition) is 1. The summed E-state index contributed by atoms with van der Waals surface area (Å²) < 4.78 is 5.75. The molecule has 5 heteroatoms. The molecule has 0 saturated heterocycles. The van der Waals surface area contributed by atoms with Crippen LogP contribution >= 0.6 is 15.9 Å². The quantitative estimate of drug-likeness (QED) is 0.920. The summed E-state index contributed by atoms with van der Waals surface area (Å²) in [5.74, 6) is 0.900. The minimum absolute atomic E-state index is 0.257. The maximum atomic E-state index is 11.3. The predicted octanol–water partition coefficient (Wildman–Crippen LogP) is 2.63. The third kappa shape index (κ3) is 2.30. The lowest BCUT2D eigenvalue weighted by Gasteiger charge is -2.05. The molecule has 0 bridgehead atoms. The van der Waals surface area contributed by atoms with Crippen LogP contribution in [0.3, 0.4) is 0 Å². The Labute approximate surface area is 100 Å². The molecule has 2 aromatic rings. The van der Waals surface area contributed by atoms with E-state index in [1.165, 1.54) is 6.33 Å². The van der Waals surface area contributed by atoms with Gasteiger partial charge < -0.3 is 9.72 Å². The maximum absolute atomic E-state index is 11.3. The molecule has 0 aliphatic heterocycles. The lowest BCUT2D eigenvalue weighted by molar-refractivity contribution is 0.457. The molecule has 2 rings (SSSR count). The van der Waals surface area contributed by atoms with Gasteiger partial charge in [0.15, 0.2) is 0 Å². The number of H-pyrrole nitrogens is 1. The fourth-order valence-electron chi connectivity index (χ4n) is 1.16. The molecule has 0 unspecified atom stereocenters. The SMILES string of the molecule is Cc1ccc(Oc2nc[nH]c(=O)c2Br)cc1. The van der Waals surface area contributed by atoms with E-state index in [1.807, 2.05) is 31.2 Å². The molecule has 4 nitrogen and oxygen atoms in total. The van der Waals surface area contributed by atoms with Gasteiger partial charge >= 0.3 is 0 Å². The van der Waals surface area contributed by atoms with Gasteiger partial charge in [-0.15, -0.1) is 0 Å². The Balaban J connectivity index is 2.30. The normalized spacial score (nSPS) is 10.1. The van der Waals surface area contributed by atoms with E-state index in [4.69, 9.17) is 4.74 Å². The molecule has 1 aromatic heterocycles. The van der Waals surface area contributed by atoms with Crippen molar-refractivity contribution < 1.29 is 4.74 Å². The van der Waals surface area contributed by atoms with Crippen LogP contribution in [0, 0.1) is 6.92 Å². The van der Waals surface area contributed by atoms with Gasteiger partial charge in [-0.05, 0) is 35.0 Å². The summed E-state index contributed by atoms with van der Waals surface area (Å²) in [5.41, 5.74) is 0.877. The Morgan fingerprint density at radius 3 is 2.69 bits per heavy atom. The first-order valence-electron chi connectivity index (χ1n) is 4.64. The highest BCUT2D eigenvalue weighted by Gasteiger charge is 2.07. The average Bonchev–Trinajstić information content (AvgIpc) is 2.28. The molecule has 0 saturated carbocycles. The first kappa shape index (κ1) is 10.9. The lowest BCUT2D eigenvalue weighted by atomic mass is 10.2. The number of aryl methyl sites for hydroxylation is 1. The van der Waals surface area contributed by atoms with Crippen LogP contribution in [-0.4, -0.2) is 9.97 Å². The van der Waals surface area contributed by atoms with Crippen molar-refractivity contribution in [1.82, 2.24) is 9.97 Å². The van der Waals surface area contributed by atoms with Crippen molar-refractivity contribution in [1.29, 1.82) is 0 Å². The van der Waals surface area contributed by atoms with E-state index in [0.717, 1.165) is 5.56 Å². The summed E-state index contributed by atoms with van der Waals surface area (Å²) in [6.07, 6.45) is 1.30. The van der Waals surface area contributed by atoms with Gasteiger partial charge in [-0.1, -0.05) is 17.7 Å². The number of hydrogen-bond acceptors (Lipinski definition) is 3. The first-order chi connectivity index (χ1) is 7.66. The molecular weight excluding hydrogens is 272 g/mol. The zero-order chi connectivity index (χ0) is 11.5. The molecule has 1 heterocycles. The van der Waals surface area contributed by atoms with Crippen LogP contribution < -0.4 is 10.3 Å². The van der Waals surface area contributed by atoms with Crippen molar-refractivity contribution in [3.8, 4) is 11.6 Å². The summed E-state index contributed by atoms with van der Waals surface area (Å²) >= 11 is 3.12. The van der Waals surface area contributed by atoms with E-state index in [9.17, 15) is 4.79 Å². The van der Waals surface area contributed by atoms with Crippen molar-refractivity contribution in [2.45, 2.75) is 6.92 Å². The molecule has 16 heavy (non-hydrogen) atoms. The zero-order valence-electron chi connectivity index (χ0n) is 8.53. The molecule has 0 aliphatic carbocycles. The molecule has 0 fully saturated rings. The minimum atomic E-state index is -0.267. The van der Waals surface area contributed by atoms with Crippen molar-refractivity contribution >= 4 is 15.9 Å². The van der Waals surface area contributed by atoms with Crippen LogP contribution in [0.15, 0.2) is 39.9 Å². The zero-order valence-corrected chi connectivity index (χ0v) is 10.1. The monoisotopic (exact) mass is 280 g/mol. The molecule has 0 spiro atoms. The fourth-order valence-corrected chi connectivity index (χ4v) is 1.45. The van der Waals surface area contributed by atoms with Crippen LogP contribution in [0.25, 0.3) is 0 Å². The molecule has 0 amide bonds. The number of nitrogens with zero attached hydrogens (tertiary/aromatic N) is 1. The molecule has 82 valence electrons. The van der Waals surface area contributed by atoms with Gasteiger partial charge in [-0.3, -0.25) is 4.79 Å². The van der Waals surface area contributed by atoms with E-state index in [2.05, 4.69) is 25.9 Å². The average molecular weight is 281 g/mol. The fraction of sp³-hybridized carbons (Fsp3) is 0.0909. The van der Waals surface area contributed by atoms with Crippen molar-refractivity contribution in [3.63, 3.8) is 0 Å². The summed E-state index contributed by atoms with van der Waals surface area (Å²) in [5, 5.41) is 0. The second-order valence-electron chi connectivity index (χ2n) is 3.27. The molecule has 1 N–H and O–H groups in total. The van der Waals surface area contributed by atoms with Crippen LogP contribution in [0.1, 0.15) is 5.56 Å². The topological polar surface area (TPSA) is 55.0 Å². The maximum Gasteiger partial charge on any atom is 0.268 e. The van der Waals surface area contributed by atoms with Crippen molar-refractivity contribution in [3.05, 3.63) is 51.0 Å². The number of halogens is 1. The second kappa shape index (κ2) is 4.49. The van der Waals surface area contributed by atoms with Gasteiger partial charge in [-0.25, -0.2) is 4.98 Å². The highest BCUT2D eigenvalue weighted by molar-refractivity contribution is 9.10. The highest BCUT2D eigenvalue weighted by Crippen LogP contribution is 2.23. The van der Waals surface area contributed by atoms with Gasteiger partial charge in [0.05, 0.1) is 6.33 Å². The predicted molar refractivity (Wildman–Crippen MR) is 63.8 cm³/mol. The van der Waals surface area contributed by atoms with E-state index in [1.54, 1.807) is 0 Å². The Bertz CT molecular complexity index is 549. The number of ether oxygens (including phenoxy) is 1. The number of rotatable bonds is 2. The van der Waals surface area contributed by atoms with Gasteiger partial charge in [0.25, 0.3) is 5.56 Å². The Morgan fingerprint density at radius 2 is 2.00 bits per heavy atom. The molecule has 0 atom stereocenters. The minimum Gasteiger partial charge on any atom is -0.438 e. The van der Waals surface area contributed by atoms with E-state index < -0.39 is 0 Å². The van der Waals surface area contributed by atoms with Crippen LogP contribution in [0.2, 0.25) is 0 Å². The van der Waals surface area contributed by atoms with Gasteiger partial charge in [0, 0.05) is 0 Å².